The van der Waals surface area contributed by atoms with Gasteiger partial charge in [-0.2, -0.15) is 0 Å². The Bertz CT molecular complexity index is 1070. The summed E-state index contributed by atoms with van der Waals surface area (Å²) in [4.78, 5) is 0. The maximum atomic E-state index is 4.55. The fraction of sp³-hybridized carbons (Fsp3) is 0.167. The van der Waals surface area contributed by atoms with Gasteiger partial charge in [-0.05, 0) is 35.2 Å². The molecule has 0 amide bonds. The summed E-state index contributed by atoms with van der Waals surface area (Å²) in [5, 5.41) is 9.09. The molecule has 0 saturated heterocycles. The normalized spacial score (nSPS) is 11.6. The van der Waals surface area contributed by atoms with E-state index >= 15 is 0 Å². The first kappa shape index (κ1) is 18.6. The van der Waals surface area contributed by atoms with E-state index in [0.29, 0.717) is 0 Å². The smallest absolute Gasteiger partial charge is 0.168 e. The monoisotopic (exact) mass is 431 g/mol. The lowest BCUT2D eigenvalue weighted by molar-refractivity contribution is 0.590. The van der Waals surface area contributed by atoms with Gasteiger partial charge >= 0.3 is 0 Å². The minimum atomic E-state index is 0.119. The lowest BCUT2D eigenvalue weighted by Crippen LogP contribution is -2.10. The summed E-state index contributed by atoms with van der Waals surface area (Å²) < 4.78 is 3.16. The molecule has 140 valence electrons. The Labute approximate surface area is 174 Å². The van der Waals surface area contributed by atoms with E-state index in [9.17, 15) is 0 Å². The van der Waals surface area contributed by atoms with Gasteiger partial charge in [0.05, 0.1) is 0 Å². The Morgan fingerprint density at radius 3 is 1.68 bits per heavy atom. The van der Waals surface area contributed by atoms with E-state index in [2.05, 4.69) is 100.0 Å². The first-order chi connectivity index (χ1) is 13.4. The van der Waals surface area contributed by atoms with Crippen molar-refractivity contribution in [3.8, 4) is 28.5 Å². The molecule has 0 N–H and O–H groups in total. The number of hydrogen-bond acceptors (Lipinski definition) is 2. The standard InChI is InChI=1S/C24H22BrN3/c1-24(2,3)19-13-9-17(10-14-19)22-26-27-23(18-11-15-20(25)16-12-18)28(22)21-7-5-4-6-8-21/h4-16H,1-3H3. The zero-order valence-corrected chi connectivity index (χ0v) is 17.8. The molecule has 3 nitrogen and oxygen atoms in total. The van der Waals surface area contributed by atoms with Gasteiger partial charge in [0.25, 0.3) is 0 Å². The average molecular weight is 432 g/mol. The third kappa shape index (κ3) is 3.65. The van der Waals surface area contributed by atoms with E-state index < -0.39 is 0 Å². The summed E-state index contributed by atoms with van der Waals surface area (Å²) in [5.41, 5.74) is 4.54. The Balaban J connectivity index is 1.87. The van der Waals surface area contributed by atoms with Crippen LogP contribution in [-0.4, -0.2) is 14.8 Å². The van der Waals surface area contributed by atoms with Crippen molar-refractivity contribution in [3.05, 3.63) is 88.9 Å². The highest BCUT2D eigenvalue weighted by Crippen LogP contribution is 2.30. The summed E-state index contributed by atoms with van der Waals surface area (Å²) in [6.45, 7) is 6.67. The largest absolute Gasteiger partial charge is 0.275 e. The summed E-state index contributed by atoms with van der Waals surface area (Å²) in [6.07, 6.45) is 0. The molecule has 3 aromatic carbocycles. The highest BCUT2D eigenvalue weighted by molar-refractivity contribution is 9.10. The number of nitrogens with zero attached hydrogens (tertiary/aromatic N) is 3. The van der Waals surface area contributed by atoms with Crippen LogP contribution in [0.3, 0.4) is 0 Å². The van der Waals surface area contributed by atoms with Crippen LogP contribution in [0.2, 0.25) is 0 Å². The summed E-state index contributed by atoms with van der Waals surface area (Å²) >= 11 is 3.50. The minimum absolute atomic E-state index is 0.119. The zero-order chi connectivity index (χ0) is 19.7. The van der Waals surface area contributed by atoms with Crippen molar-refractivity contribution >= 4 is 15.9 Å². The van der Waals surface area contributed by atoms with Crippen molar-refractivity contribution in [1.29, 1.82) is 0 Å². The highest BCUT2D eigenvalue weighted by Gasteiger charge is 2.18. The van der Waals surface area contributed by atoms with E-state index in [0.717, 1.165) is 32.9 Å². The van der Waals surface area contributed by atoms with Crippen LogP contribution in [-0.2, 0) is 5.41 Å². The molecular formula is C24H22BrN3. The Morgan fingerprint density at radius 2 is 1.18 bits per heavy atom. The van der Waals surface area contributed by atoms with Crippen molar-refractivity contribution in [2.45, 2.75) is 26.2 Å². The zero-order valence-electron chi connectivity index (χ0n) is 16.2. The average Bonchev–Trinajstić information content (AvgIpc) is 3.14. The second kappa shape index (κ2) is 7.36. The predicted molar refractivity (Wildman–Crippen MR) is 119 cm³/mol. The second-order valence-electron chi connectivity index (χ2n) is 7.85. The van der Waals surface area contributed by atoms with Gasteiger partial charge < -0.3 is 0 Å². The molecule has 0 radical (unpaired) electrons. The van der Waals surface area contributed by atoms with Gasteiger partial charge in [-0.15, -0.1) is 10.2 Å². The number of para-hydroxylation sites is 1. The number of aromatic nitrogens is 3. The molecule has 0 unspecified atom stereocenters. The summed E-state index contributed by atoms with van der Waals surface area (Å²) in [5.74, 6) is 1.66. The maximum Gasteiger partial charge on any atom is 0.168 e. The molecule has 28 heavy (non-hydrogen) atoms. The van der Waals surface area contributed by atoms with E-state index in [4.69, 9.17) is 0 Å². The summed E-state index contributed by atoms with van der Waals surface area (Å²) in [6, 6.07) is 27.0. The van der Waals surface area contributed by atoms with Crippen LogP contribution in [0.5, 0.6) is 0 Å². The molecule has 0 atom stereocenters. The van der Waals surface area contributed by atoms with Crippen molar-refractivity contribution in [2.24, 2.45) is 0 Å². The van der Waals surface area contributed by atoms with Gasteiger partial charge in [0.2, 0.25) is 0 Å². The molecule has 0 spiro atoms. The number of benzene rings is 3. The maximum absolute atomic E-state index is 4.55. The molecule has 0 aliphatic rings. The number of hydrogen-bond donors (Lipinski definition) is 0. The molecule has 0 aliphatic heterocycles. The SMILES string of the molecule is CC(C)(C)c1ccc(-c2nnc(-c3ccc(Br)cc3)n2-c2ccccc2)cc1. The van der Waals surface area contributed by atoms with Gasteiger partial charge in [0, 0.05) is 21.3 Å². The third-order valence-electron chi connectivity index (χ3n) is 4.79. The third-order valence-corrected chi connectivity index (χ3v) is 5.32. The molecule has 4 aromatic rings. The van der Waals surface area contributed by atoms with Crippen LogP contribution in [0.15, 0.2) is 83.3 Å². The molecule has 1 aromatic heterocycles. The molecule has 4 heteroatoms. The lowest BCUT2D eigenvalue weighted by atomic mass is 9.86. The van der Waals surface area contributed by atoms with Crippen LogP contribution >= 0.6 is 15.9 Å². The van der Waals surface area contributed by atoms with Gasteiger partial charge in [0.15, 0.2) is 11.6 Å². The van der Waals surface area contributed by atoms with Crippen molar-refractivity contribution < 1.29 is 0 Å². The highest BCUT2D eigenvalue weighted by atomic mass is 79.9. The minimum Gasteiger partial charge on any atom is -0.275 e. The number of rotatable bonds is 3. The first-order valence-corrected chi connectivity index (χ1v) is 10.1. The molecular weight excluding hydrogens is 410 g/mol. The molecule has 0 fully saturated rings. The molecule has 4 rings (SSSR count). The van der Waals surface area contributed by atoms with E-state index in [1.165, 1.54) is 5.56 Å². The molecule has 1 heterocycles. The Morgan fingerprint density at radius 1 is 0.679 bits per heavy atom. The van der Waals surface area contributed by atoms with Crippen LogP contribution in [0.4, 0.5) is 0 Å². The molecule has 0 bridgehead atoms. The van der Waals surface area contributed by atoms with E-state index in [1.54, 1.807) is 0 Å². The van der Waals surface area contributed by atoms with Gasteiger partial charge in [0.1, 0.15) is 0 Å². The fourth-order valence-corrected chi connectivity index (χ4v) is 3.46. The topological polar surface area (TPSA) is 30.7 Å². The van der Waals surface area contributed by atoms with Crippen LogP contribution in [0.25, 0.3) is 28.5 Å². The van der Waals surface area contributed by atoms with Crippen LogP contribution in [0.1, 0.15) is 26.3 Å². The van der Waals surface area contributed by atoms with Gasteiger partial charge in [-0.3, -0.25) is 4.57 Å². The van der Waals surface area contributed by atoms with Gasteiger partial charge in [-0.25, -0.2) is 0 Å². The Hall–Kier alpha value is -2.72. The first-order valence-electron chi connectivity index (χ1n) is 9.31. The molecule has 0 saturated carbocycles. The van der Waals surface area contributed by atoms with E-state index in [1.807, 2.05) is 30.3 Å². The van der Waals surface area contributed by atoms with Crippen LogP contribution < -0.4 is 0 Å². The number of halogens is 1. The van der Waals surface area contributed by atoms with Gasteiger partial charge in [-0.1, -0.05) is 91.3 Å². The fourth-order valence-electron chi connectivity index (χ4n) is 3.20. The predicted octanol–water partition coefficient (Wildman–Crippen LogP) is 6.66. The Kier molecular flexibility index (Phi) is 4.90. The van der Waals surface area contributed by atoms with Crippen molar-refractivity contribution in [1.82, 2.24) is 14.8 Å². The van der Waals surface area contributed by atoms with Crippen molar-refractivity contribution in [3.63, 3.8) is 0 Å². The quantitative estimate of drug-likeness (QED) is 0.362. The van der Waals surface area contributed by atoms with Crippen molar-refractivity contribution in [2.75, 3.05) is 0 Å². The second-order valence-corrected chi connectivity index (χ2v) is 8.77. The molecule has 0 aliphatic carbocycles. The lowest BCUT2D eigenvalue weighted by Gasteiger charge is -2.19. The van der Waals surface area contributed by atoms with Crippen LogP contribution in [0, 0.1) is 0 Å². The van der Waals surface area contributed by atoms with E-state index in [-0.39, 0.29) is 5.41 Å². The summed E-state index contributed by atoms with van der Waals surface area (Å²) in [7, 11) is 0.